The van der Waals surface area contributed by atoms with E-state index in [1.807, 2.05) is 6.07 Å². The predicted octanol–water partition coefficient (Wildman–Crippen LogP) is 3.36. The number of thioether (sulfide) groups is 1. The molecule has 2 rings (SSSR count). The fourth-order valence-electron chi connectivity index (χ4n) is 2.18. The van der Waals surface area contributed by atoms with Crippen molar-refractivity contribution in [3.8, 4) is 17.7 Å². The van der Waals surface area contributed by atoms with E-state index in [1.54, 1.807) is 45.2 Å². The molecule has 1 heterocycles. The van der Waals surface area contributed by atoms with Crippen LogP contribution in [0.1, 0.15) is 20.8 Å². The minimum Gasteiger partial charge on any atom is -0.451 e. The Kier molecular flexibility index (Phi) is 5.68. The molecular formula is C18H19FN2O2S. The Morgan fingerprint density at radius 2 is 2.12 bits per heavy atom. The standard InChI is InChI=1S/C18H19FN2O2S/c1-5-10-18(2,3)21-15(22)17(24-4)23-16-13(19)11-12-8-6-7-9-14(12)20-16/h6-9,11,17H,1-4H3,(H,21,22). The second-order valence-electron chi connectivity index (χ2n) is 5.64. The van der Waals surface area contributed by atoms with Crippen LogP contribution in [0.25, 0.3) is 10.9 Å². The van der Waals surface area contributed by atoms with Crippen LogP contribution in [0.3, 0.4) is 0 Å². The number of halogens is 1. The maximum atomic E-state index is 14.2. The number of amides is 1. The van der Waals surface area contributed by atoms with E-state index in [2.05, 4.69) is 22.1 Å². The number of hydrogen-bond donors (Lipinski definition) is 1. The molecule has 0 aliphatic carbocycles. The number of pyridine rings is 1. The van der Waals surface area contributed by atoms with Crippen molar-refractivity contribution in [2.24, 2.45) is 0 Å². The molecule has 24 heavy (non-hydrogen) atoms. The molecule has 4 nitrogen and oxygen atoms in total. The summed E-state index contributed by atoms with van der Waals surface area (Å²) in [6, 6.07) is 8.48. The third-order valence-corrected chi connectivity index (χ3v) is 3.90. The van der Waals surface area contributed by atoms with E-state index in [1.165, 1.54) is 6.07 Å². The number of nitrogens with zero attached hydrogens (tertiary/aromatic N) is 1. The van der Waals surface area contributed by atoms with Crippen LogP contribution in [0.15, 0.2) is 30.3 Å². The molecule has 0 radical (unpaired) electrons. The first-order valence-electron chi connectivity index (χ1n) is 7.37. The van der Waals surface area contributed by atoms with Crippen LogP contribution in [0, 0.1) is 17.7 Å². The van der Waals surface area contributed by atoms with E-state index >= 15 is 0 Å². The zero-order chi connectivity index (χ0) is 17.7. The Labute approximate surface area is 145 Å². The van der Waals surface area contributed by atoms with Crippen LogP contribution in [0.2, 0.25) is 0 Å². The predicted molar refractivity (Wildman–Crippen MR) is 95.3 cm³/mol. The summed E-state index contributed by atoms with van der Waals surface area (Å²) < 4.78 is 19.7. The molecule has 0 fully saturated rings. The second kappa shape index (κ2) is 7.54. The highest BCUT2D eigenvalue weighted by Gasteiger charge is 2.26. The molecule has 0 saturated heterocycles. The monoisotopic (exact) mass is 346 g/mol. The zero-order valence-electron chi connectivity index (χ0n) is 14.0. The summed E-state index contributed by atoms with van der Waals surface area (Å²) in [4.78, 5) is 16.5. The summed E-state index contributed by atoms with van der Waals surface area (Å²) in [5.74, 6) is 4.48. The number of hydrogen-bond acceptors (Lipinski definition) is 4. The highest BCUT2D eigenvalue weighted by atomic mass is 32.2. The van der Waals surface area contributed by atoms with Crippen molar-refractivity contribution in [3.63, 3.8) is 0 Å². The average molecular weight is 346 g/mol. The second-order valence-corrected chi connectivity index (χ2v) is 6.54. The van der Waals surface area contributed by atoms with Gasteiger partial charge in [0, 0.05) is 5.39 Å². The Morgan fingerprint density at radius 3 is 2.79 bits per heavy atom. The zero-order valence-corrected chi connectivity index (χ0v) is 14.8. The number of para-hydroxylation sites is 1. The molecule has 2 aromatic rings. The van der Waals surface area contributed by atoms with Crippen molar-refractivity contribution in [1.29, 1.82) is 0 Å². The minimum absolute atomic E-state index is 0.192. The Bertz CT molecular complexity index is 812. The highest BCUT2D eigenvalue weighted by molar-refractivity contribution is 7.99. The summed E-state index contributed by atoms with van der Waals surface area (Å²) >= 11 is 1.16. The lowest BCUT2D eigenvalue weighted by Gasteiger charge is -2.23. The van der Waals surface area contributed by atoms with Gasteiger partial charge in [-0.25, -0.2) is 9.37 Å². The molecule has 1 aromatic heterocycles. The maximum Gasteiger partial charge on any atom is 0.272 e. The maximum absolute atomic E-state index is 14.2. The molecule has 1 aromatic carbocycles. The van der Waals surface area contributed by atoms with Crippen LogP contribution in [0.5, 0.6) is 5.88 Å². The van der Waals surface area contributed by atoms with Gasteiger partial charge in [0.1, 0.15) is 0 Å². The van der Waals surface area contributed by atoms with Gasteiger partial charge in [0.2, 0.25) is 5.44 Å². The largest absolute Gasteiger partial charge is 0.451 e. The molecule has 0 aliphatic rings. The van der Waals surface area contributed by atoms with Gasteiger partial charge in [-0.2, -0.15) is 0 Å². The van der Waals surface area contributed by atoms with Crippen molar-refractivity contribution >= 4 is 28.6 Å². The summed E-state index contributed by atoms with van der Waals surface area (Å²) in [6.07, 6.45) is 1.71. The van der Waals surface area contributed by atoms with Crippen LogP contribution in [-0.2, 0) is 4.79 Å². The molecule has 1 unspecified atom stereocenters. The van der Waals surface area contributed by atoms with Gasteiger partial charge in [0.05, 0.1) is 11.1 Å². The lowest BCUT2D eigenvalue weighted by atomic mass is 10.1. The Morgan fingerprint density at radius 1 is 1.42 bits per heavy atom. The number of nitrogens with one attached hydrogen (secondary N) is 1. The number of fused-ring (bicyclic) bond motifs is 1. The SMILES string of the molecule is CC#CC(C)(C)NC(=O)C(Oc1nc2ccccc2cc1F)SC. The normalized spacial score (nSPS) is 12.2. The third-order valence-electron chi connectivity index (χ3n) is 3.17. The Balaban J connectivity index is 2.22. The molecule has 6 heteroatoms. The van der Waals surface area contributed by atoms with Crippen molar-refractivity contribution in [2.45, 2.75) is 31.7 Å². The molecule has 0 bridgehead atoms. The Hall–Kier alpha value is -2.26. The minimum atomic E-state index is -0.925. The fraction of sp³-hybridized carbons (Fsp3) is 0.333. The fourth-order valence-corrected chi connectivity index (χ4v) is 2.64. The number of rotatable bonds is 5. The molecule has 1 amide bonds. The quantitative estimate of drug-likeness (QED) is 0.666. The summed E-state index contributed by atoms with van der Waals surface area (Å²) in [7, 11) is 0. The van der Waals surface area contributed by atoms with Gasteiger partial charge in [-0.15, -0.1) is 17.7 Å². The molecule has 1 atom stereocenters. The molecule has 0 spiro atoms. The summed E-state index contributed by atoms with van der Waals surface area (Å²) in [5, 5.41) is 3.45. The van der Waals surface area contributed by atoms with Crippen LogP contribution in [0.4, 0.5) is 4.39 Å². The number of benzene rings is 1. The van der Waals surface area contributed by atoms with Crippen LogP contribution < -0.4 is 10.1 Å². The van der Waals surface area contributed by atoms with E-state index in [9.17, 15) is 9.18 Å². The van der Waals surface area contributed by atoms with Crippen molar-refractivity contribution in [2.75, 3.05) is 6.26 Å². The van der Waals surface area contributed by atoms with E-state index in [0.717, 1.165) is 11.8 Å². The molecule has 126 valence electrons. The van der Waals surface area contributed by atoms with Crippen molar-refractivity contribution in [1.82, 2.24) is 10.3 Å². The van der Waals surface area contributed by atoms with Gasteiger partial charge < -0.3 is 10.1 Å². The molecule has 1 N–H and O–H groups in total. The van der Waals surface area contributed by atoms with Crippen molar-refractivity contribution < 1.29 is 13.9 Å². The number of carbonyl (C=O) groups is 1. The van der Waals surface area contributed by atoms with E-state index in [-0.39, 0.29) is 11.8 Å². The molecular weight excluding hydrogens is 327 g/mol. The van der Waals surface area contributed by atoms with Crippen LogP contribution in [-0.4, -0.2) is 28.1 Å². The molecule has 0 aliphatic heterocycles. The number of ether oxygens (including phenoxy) is 1. The highest BCUT2D eigenvalue weighted by Crippen LogP contribution is 2.23. The smallest absolute Gasteiger partial charge is 0.272 e. The van der Waals surface area contributed by atoms with Gasteiger partial charge in [-0.1, -0.05) is 24.1 Å². The lowest BCUT2D eigenvalue weighted by molar-refractivity contribution is -0.125. The van der Waals surface area contributed by atoms with Gasteiger partial charge >= 0.3 is 0 Å². The average Bonchev–Trinajstić information content (AvgIpc) is 2.52. The van der Waals surface area contributed by atoms with Gasteiger partial charge in [0.25, 0.3) is 11.8 Å². The van der Waals surface area contributed by atoms with E-state index < -0.39 is 16.8 Å². The van der Waals surface area contributed by atoms with Gasteiger partial charge in [-0.3, -0.25) is 4.79 Å². The third kappa shape index (κ3) is 4.39. The van der Waals surface area contributed by atoms with Gasteiger partial charge in [-0.05, 0) is 39.2 Å². The first-order valence-corrected chi connectivity index (χ1v) is 8.66. The van der Waals surface area contributed by atoms with E-state index in [4.69, 9.17) is 4.74 Å². The van der Waals surface area contributed by atoms with E-state index in [0.29, 0.717) is 10.9 Å². The topological polar surface area (TPSA) is 51.2 Å². The van der Waals surface area contributed by atoms with Crippen LogP contribution >= 0.6 is 11.8 Å². The molecule has 0 saturated carbocycles. The summed E-state index contributed by atoms with van der Waals surface area (Å²) in [6.45, 7) is 5.27. The van der Waals surface area contributed by atoms with Gasteiger partial charge in [0.15, 0.2) is 5.82 Å². The summed E-state index contributed by atoms with van der Waals surface area (Å²) in [5.41, 5.74) is -1.02. The van der Waals surface area contributed by atoms with Crippen molar-refractivity contribution in [3.05, 3.63) is 36.1 Å². The number of aromatic nitrogens is 1. The first kappa shape index (κ1) is 18.1. The number of carbonyl (C=O) groups excluding carboxylic acids is 1. The lowest BCUT2D eigenvalue weighted by Crippen LogP contribution is -2.47. The first-order chi connectivity index (χ1) is 11.4.